The maximum Gasteiger partial charge on any atom is 0.251 e. The standard InChI is InChI=1S/C16H20N4OS/c1-11(2)22-9-8-19-16(21)13-5-3-4-12(10-13)15-18-7-6-14(17)20-15/h3-7,10-11H,8-9H2,1-2H3,(H,19,21)(H2,17,18,20). The summed E-state index contributed by atoms with van der Waals surface area (Å²) in [7, 11) is 0. The highest BCUT2D eigenvalue weighted by atomic mass is 32.2. The zero-order valence-corrected chi connectivity index (χ0v) is 13.6. The number of carbonyl (C=O) groups excluding carboxylic acids is 1. The van der Waals surface area contributed by atoms with Crippen LogP contribution in [0, 0.1) is 0 Å². The number of thioether (sulfide) groups is 1. The van der Waals surface area contributed by atoms with Crippen LogP contribution >= 0.6 is 11.8 Å². The molecule has 6 heteroatoms. The monoisotopic (exact) mass is 316 g/mol. The van der Waals surface area contributed by atoms with Crippen molar-refractivity contribution < 1.29 is 4.79 Å². The van der Waals surface area contributed by atoms with E-state index in [1.165, 1.54) is 0 Å². The summed E-state index contributed by atoms with van der Waals surface area (Å²) in [4.78, 5) is 20.5. The molecule has 3 N–H and O–H groups in total. The fraction of sp³-hybridized carbons (Fsp3) is 0.312. The van der Waals surface area contributed by atoms with Crippen molar-refractivity contribution >= 4 is 23.5 Å². The van der Waals surface area contributed by atoms with E-state index in [4.69, 9.17) is 5.73 Å². The lowest BCUT2D eigenvalue weighted by molar-refractivity contribution is 0.0956. The van der Waals surface area contributed by atoms with Gasteiger partial charge in [-0.15, -0.1) is 0 Å². The maximum atomic E-state index is 12.2. The van der Waals surface area contributed by atoms with Gasteiger partial charge in [-0.25, -0.2) is 9.97 Å². The van der Waals surface area contributed by atoms with Crippen molar-refractivity contribution in [2.75, 3.05) is 18.0 Å². The molecule has 0 fully saturated rings. The Morgan fingerprint density at radius 2 is 2.18 bits per heavy atom. The second-order valence-electron chi connectivity index (χ2n) is 5.06. The second kappa shape index (κ2) is 7.79. The normalized spacial score (nSPS) is 10.7. The first-order valence-corrected chi connectivity index (χ1v) is 8.20. The highest BCUT2D eigenvalue weighted by Gasteiger charge is 2.08. The Bertz CT molecular complexity index is 646. The molecular weight excluding hydrogens is 296 g/mol. The first-order chi connectivity index (χ1) is 10.6. The molecule has 0 radical (unpaired) electrons. The van der Waals surface area contributed by atoms with E-state index < -0.39 is 0 Å². The number of nitrogen functional groups attached to an aromatic ring is 1. The van der Waals surface area contributed by atoms with E-state index >= 15 is 0 Å². The van der Waals surface area contributed by atoms with Crippen LogP contribution in [0.15, 0.2) is 36.5 Å². The summed E-state index contributed by atoms with van der Waals surface area (Å²) in [6.45, 7) is 4.93. The smallest absolute Gasteiger partial charge is 0.251 e. The van der Waals surface area contributed by atoms with Crippen molar-refractivity contribution in [3.63, 3.8) is 0 Å². The van der Waals surface area contributed by atoms with Crippen molar-refractivity contribution in [3.05, 3.63) is 42.1 Å². The Hall–Kier alpha value is -2.08. The molecule has 22 heavy (non-hydrogen) atoms. The minimum absolute atomic E-state index is 0.0879. The SMILES string of the molecule is CC(C)SCCNC(=O)c1cccc(-c2nccc(N)n2)c1. The summed E-state index contributed by atoms with van der Waals surface area (Å²) in [5.41, 5.74) is 7.04. The zero-order chi connectivity index (χ0) is 15.9. The lowest BCUT2D eigenvalue weighted by atomic mass is 10.1. The number of benzene rings is 1. The molecule has 0 saturated heterocycles. The van der Waals surface area contributed by atoms with E-state index in [0.717, 1.165) is 11.3 Å². The van der Waals surface area contributed by atoms with E-state index in [2.05, 4.69) is 29.1 Å². The first-order valence-electron chi connectivity index (χ1n) is 7.15. The summed E-state index contributed by atoms with van der Waals surface area (Å²) in [5, 5.41) is 3.49. The van der Waals surface area contributed by atoms with Gasteiger partial charge < -0.3 is 11.1 Å². The van der Waals surface area contributed by atoms with Gasteiger partial charge in [0.25, 0.3) is 5.91 Å². The van der Waals surface area contributed by atoms with Crippen molar-refractivity contribution in [2.45, 2.75) is 19.1 Å². The molecular formula is C16H20N4OS. The van der Waals surface area contributed by atoms with Crippen LogP contribution in [0.1, 0.15) is 24.2 Å². The van der Waals surface area contributed by atoms with Crippen molar-refractivity contribution in [3.8, 4) is 11.4 Å². The Morgan fingerprint density at radius 1 is 1.36 bits per heavy atom. The van der Waals surface area contributed by atoms with Gasteiger partial charge in [0.05, 0.1) is 0 Å². The average molecular weight is 316 g/mol. The Kier molecular flexibility index (Phi) is 5.77. The summed E-state index contributed by atoms with van der Waals surface area (Å²) in [5.74, 6) is 1.74. The topological polar surface area (TPSA) is 80.9 Å². The molecule has 1 heterocycles. The minimum Gasteiger partial charge on any atom is -0.384 e. The van der Waals surface area contributed by atoms with Gasteiger partial charge >= 0.3 is 0 Å². The third-order valence-electron chi connectivity index (χ3n) is 2.90. The number of nitrogens with zero attached hydrogens (tertiary/aromatic N) is 2. The number of hydrogen-bond acceptors (Lipinski definition) is 5. The van der Waals surface area contributed by atoms with Crippen molar-refractivity contribution in [1.82, 2.24) is 15.3 Å². The summed E-state index contributed by atoms with van der Waals surface area (Å²) in [6.07, 6.45) is 1.60. The van der Waals surface area contributed by atoms with Crippen LogP contribution in [0.2, 0.25) is 0 Å². The van der Waals surface area contributed by atoms with Crippen LogP contribution in [0.3, 0.4) is 0 Å². The third kappa shape index (κ3) is 4.73. The van der Waals surface area contributed by atoms with Gasteiger partial charge in [0.15, 0.2) is 5.82 Å². The van der Waals surface area contributed by atoms with Gasteiger partial charge in [-0.1, -0.05) is 26.0 Å². The Labute approximate surface area is 134 Å². The minimum atomic E-state index is -0.0879. The highest BCUT2D eigenvalue weighted by Crippen LogP contribution is 2.17. The molecule has 116 valence electrons. The molecule has 0 spiro atoms. The molecule has 0 saturated carbocycles. The second-order valence-corrected chi connectivity index (χ2v) is 6.75. The highest BCUT2D eigenvalue weighted by molar-refractivity contribution is 7.99. The largest absolute Gasteiger partial charge is 0.384 e. The van der Waals surface area contributed by atoms with Gasteiger partial charge in [0.1, 0.15) is 5.82 Å². The van der Waals surface area contributed by atoms with E-state index in [0.29, 0.717) is 29.0 Å². The molecule has 5 nitrogen and oxygen atoms in total. The van der Waals surface area contributed by atoms with Gasteiger partial charge in [-0.2, -0.15) is 11.8 Å². The molecule has 0 aliphatic rings. The fourth-order valence-electron chi connectivity index (χ4n) is 1.87. The molecule has 0 bridgehead atoms. The Morgan fingerprint density at radius 3 is 2.91 bits per heavy atom. The van der Waals surface area contributed by atoms with Crippen LogP contribution in [0.4, 0.5) is 5.82 Å². The van der Waals surface area contributed by atoms with Crippen molar-refractivity contribution in [2.24, 2.45) is 0 Å². The van der Waals surface area contributed by atoms with Crippen LogP contribution in [-0.2, 0) is 0 Å². The fourth-order valence-corrected chi connectivity index (χ4v) is 2.56. The number of hydrogen-bond donors (Lipinski definition) is 2. The quantitative estimate of drug-likeness (QED) is 0.801. The van der Waals surface area contributed by atoms with Gasteiger partial charge in [0, 0.05) is 29.6 Å². The number of rotatable bonds is 6. The lowest BCUT2D eigenvalue weighted by Crippen LogP contribution is -2.26. The molecule has 1 aromatic carbocycles. The van der Waals surface area contributed by atoms with Crippen LogP contribution in [0.25, 0.3) is 11.4 Å². The molecule has 1 amide bonds. The Balaban J connectivity index is 2.03. The summed E-state index contributed by atoms with van der Waals surface area (Å²) in [6, 6.07) is 8.87. The van der Waals surface area contributed by atoms with E-state index in [1.54, 1.807) is 24.4 Å². The van der Waals surface area contributed by atoms with Crippen LogP contribution in [0.5, 0.6) is 0 Å². The maximum absolute atomic E-state index is 12.2. The number of nitrogens with one attached hydrogen (secondary N) is 1. The lowest BCUT2D eigenvalue weighted by Gasteiger charge is -2.08. The molecule has 0 atom stereocenters. The van der Waals surface area contributed by atoms with Crippen LogP contribution in [-0.4, -0.2) is 33.4 Å². The van der Waals surface area contributed by atoms with E-state index in [1.807, 2.05) is 23.9 Å². The molecule has 0 aliphatic carbocycles. The number of nitrogens with two attached hydrogens (primary N) is 1. The molecule has 0 aliphatic heterocycles. The average Bonchev–Trinajstić information content (AvgIpc) is 2.51. The summed E-state index contributed by atoms with van der Waals surface area (Å²) < 4.78 is 0. The zero-order valence-electron chi connectivity index (χ0n) is 12.7. The third-order valence-corrected chi connectivity index (χ3v) is 4.01. The van der Waals surface area contributed by atoms with Crippen LogP contribution < -0.4 is 11.1 Å². The molecule has 2 rings (SSSR count). The predicted octanol–water partition coefficient (Wildman–Crippen LogP) is 2.60. The van der Waals surface area contributed by atoms with E-state index in [9.17, 15) is 4.79 Å². The van der Waals surface area contributed by atoms with E-state index in [-0.39, 0.29) is 5.91 Å². The number of aromatic nitrogens is 2. The summed E-state index contributed by atoms with van der Waals surface area (Å²) >= 11 is 1.82. The first kappa shape index (κ1) is 16.3. The molecule has 0 unspecified atom stereocenters. The number of carbonyl (C=O) groups is 1. The van der Waals surface area contributed by atoms with Crippen molar-refractivity contribution in [1.29, 1.82) is 0 Å². The van der Waals surface area contributed by atoms with Gasteiger partial charge in [-0.05, 0) is 23.4 Å². The number of amides is 1. The predicted molar refractivity (Wildman–Crippen MR) is 91.8 cm³/mol. The van der Waals surface area contributed by atoms with Gasteiger partial charge in [0.2, 0.25) is 0 Å². The number of anilines is 1. The van der Waals surface area contributed by atoms with Gasteiger partial charge in [-0.3, -0.25) is 4.79 Å². The molecule has 1 aromatic heterocycles. The molecule has 2 aromatic rings.